The minimum absolute atomic E-state index is 0.300. The number of carbonyl (C=O) groups excluding carboxylic acids is 1. The second-order valence-corrected chi connectivity index (χ2v) is 3.02. The van der Waals surface area contributed by atoms with Crippen LogP contribution >= 0.6 is 0 Å². The van der Waals surface area contributed by atoms with Crippen molar-refractivity contribution in [3.63, 3.8) is 0 Å². The highest BCUT2D eigenvalue weighted by molar-refractivity contribution is 5.73. The zero-order chi connectivity index (χ0) is 9.84. The molecular formula is C9H14N2O2. The van der Waals surface area contributed by atoms with Crippen molar-refractivity contribution in [2.45, 2.75) is 26.0 Å². The SMILES string of the molecule is CC(O)c1cccn1CCC(N)=O. The third-order valence-electron chi connectivity index (χ3n) is 1.89. The van der Waals surface area contributed by atoms with Gasteiger partial charge in [0.2, 0.25) is 5.91 Å². The molecule has 1 rings (SSSR count). The third kappa shape index (κ3) is 2.59. The fraction of sp³-hybridized carbons (Fsp3) is 0.444. The number of carbonyl (C=O) groups is 1. The van der Waals surface area contributed by atoms with Gasteiger partial charge in [-0.3, -0.25) is 4.79 Å². The van der Waals surface area contributed by atoms with Gasteiger partial charge in [0.25, 0.3) is 0 Å². The van der Waals surface area contributed by atoms with Crippen LogP contribution in [0.3, 0.4) is 0 Å². The zero-order valence-corrected chi connectivity index (χ0v) is 7.60. The van der Waals surface area contributed by atoms with E-state index in [2.05, 4.69) is 0 Å². The monoisotopic (exact) mass is 182 g/mol. The van der Waals surface area contributed by atoms with Crippen molar-refractivity contribution >= 4 is 5.91 Å². The predicted octanol–water partition coefficient (Wildman–Crippen LogP) is 0.417. The first-order valence-electron chi connectivity index (χ1n) is 4.22. The highest BCUT2D eigenvalue weighted by atomic mass is 16.3. The normalized spacial score (nSPS) is 12.8. The van der Waals surface area contributed by atoms with Gasteiger partial charge in [-0.05, 0) is 19.1 Å². The number of rotatable bonds is 4. The number of hydrogen-bond acceptors (Lipinski definition) is 2. The number of nitrogens with zero attached hydrogens (tertiary/aromatic N) is 1. The molecule has 0 aliphatic carbocycles. The first-order valence-corrected chi connectivity index (χ1v) is 4.22. The van der Waals surface area contributed by atoms with Crippen LogP contribution in [0, 0.1) is 0 Å². The molecule has 1 aromatic rings. The Morgan fingerprint density at radius 3 is 3.00 bits per heavy atom. The summed E-state index contributed by atoms with van der Waals surface area (Å²) in [5.41, 5.74) is 5.83. The number of hydrogen-bond donors (Lipinski definition) is 2. The first kappa shape index (κ1) is 9.80. The summed E-state index contributed by atoms with van der Waals surface area (Å²) in [5, 5.41) is 9.32. The lowest BCUT2D eigenvalue weighted by Crippen LogP contribution is -2.15. The van der Waals surface area contributed by atoms with E-state index in [1.54, 1.807) is 6.92 Å². The number of primary amides is 1. The molecule has 4 heteroatoms. The van der Waals surface area contributed by atoms with Gasteiger partial charge in [-0.2, -0.15) is 0 Å². The molecule has 0 saturated heterocycles. The van der Waals surface area contributed by atoms with Crippen molar-refractivity contribution in [1.29, 1.82) is 0 Å². The molecule has 3 N–H and O–H groups in total. The largest absolute Gasteiger partial charge is 0.387 e. The van der Waals surface area contributed by atoms with E-state index in [1.165, 1.54) is 0 Å². The molecule has 0 saturated carbocycles. The summed E-state index contributed by atoms with van der Waals surface area (Å²) in [4.78, 5) is 10.5. The smallest absolute Gasteiger partial charge is 0.219 e. The maximum Gasteiger partial charge on any atom is 0.219 e. The Labute approximate surface area is 77.0 Å². The van der Waals surface area contributed by atoms with Crippen LogP contribution in [0.15, 0.2) is 18.3 Å². The summed E-state index contributed by atoms with van der Waals surface area (Å²) >= 11 is 0. The molecule has 72 valence electrons. The summed E-state index contributed by atoms with van der Waals surface area (Å²) in [6, 6.07) is 3.66. The Bertz CT molecular complexity index is 292. The van der Waals surface area contributed by atoms with E-state index in [0.29, 0.717) is 13.0 Å². The van der Waals surface area contributed by atoms with E-state index in [9.17, 15) is 9.90 Å². The van der Waals surface area contributed by atoms with Gasteiger partial charge in [-0.25, -0.2) is 0 Å². The average molecular weight is 182 g/mol. The molecule has 0 aliphatic rings. The summed E-state index contributed by atoms with van der Waals surface area (Å²) in [6.45, 7) is 2.22. The van der Waals surface area contributed by atoms with Crippen molar-refractivity contribution in [1.82, 2.24) is 4.57 Å². The van der Waals surface area contributed by atoms with Crippen molar-refractivity contribution < 1.29 is 9.90 Å². The second kappa shape index (κ2) is 4.09. The number of aliphatic hydroxyl groups excluding tert-OH is 1. The van der Waals surface area contributed by atoms with Crippen molar-refractivity contribution in [3.8, 4) is 0 Å². The summed E-state index contributed by atoms with van der Waals surface area (Å²) in [5.74, 6) is -0.328. The maximum atomic E-state index is 10.5. The van der Waals surface area contributed by atoms with Crippen molar-refractivity contribution in [3.05, 3.63) is 24.0 Å². The topological polar surface area (TPSA) is 68.2 Å². The van der Waals surface area contributed by atoms with Crippen LogP contribution in [-0.4, -0.2) is 15.6 Å². The third-order valence-corrected chi connectivity index (χ3v) is 1.89. The Hall–Kier alpha value is -1.29. The average Bonchev–Trinajstić information content (AvgIpc) is 2.47. The van der Waals surface area contributed by atoms with Gasteiger partial charge >= 0.3 is 0 Å². The van der Waals surface area contributed by atoms with Crippen molar-refractivity contribution in [2.75, 3.05) is 0 Å². The number of aryl methyl sites for hydroxylation is 1. The second-order valence-electron chi connectivity index (χ2n) is 3.02. The quantitative estimate of drug-likeness (QED) is 0.708. The number of nitrogens with two attached hydrogens (primary N) is 1. The van der Waals surface area contributed by atoms with Gasteiger partial charge in [0.15, 0.2) is 0 Å². The molecule has 1 heterocycles. The van der Waals surface area contributed by atoms with E-state index in [-0.39, 0.29) is 5.91 Å². The molecular weight excluding hydrogens is 168 g/mol. The van der Waals surface area contributed by atoms with E-state index < -0.39 is 6.10 Å². The van der Waals surface area contributed by atoms with Crippen LogP contribution in [-0.2, 0) is 11.3 Å². The van der Waals surface area contributed by atoms with Crippen molar-refractivity contribution in [2.24, 2.45) is 5.73 Å². The molecule has 1 atom stereocenters. The van der Waals surface area contributed by atoms with Gasteiger partial charge in [-0.15, -0.1) is 0 Å². The highest BCUT2D eigenvalue weighted by Crippen LogP contribution is 2.12. The predicted molar refractivity (Wildman–Crippen MR) is 48.9 cm³/mol. The minimum atomic E-state index is -0.511. The minimum Gasteiger partial charge on any atom is -0.387 e. The molecule has 0 radical (unpaired) electrons. The van der Waals surface area contributed by atoms with Crippen LogP contribution in [0.25, 0.3) is 0 Å². The molecule has 0 bridgehead atoms. The van der Waals surface area contributed by atoms with E-state index >= 15 is 0 Å². The van der Waals surface area contributed by atoms with E-state index in [4.69, 9.17) is 5.73 Å². The molecule has 1 unspecified atom stereocenters. The van der Waals surface area contributed by atoms with Gasteiger partial charge in [-0.1, -0.05) is 0 Å². The van der Waals surface area contributed by atoms with Crippen LogP contribution < -0.4 is 5.73 Å². The first-order chi connectivity index (χ1) is 6.11. The van der Waals surface area contributed by atoms with Crippen LogP contribution in [0.1, 0.15) is 25.1 Å². The van der Waals surface area contributed by atoms with Gasteiger partial charge in [0.05, 0.1) is 6.10 Å². The Balaban J connectivity index is 2.65. The van der Waals surface area contributed by atoms with E-state index in [0.717, 1.165) is 5.69 Å². The Morgan fingerprint density at radius 2 is 2.46 bits per heavy atom. The lowest BCUT2D eigenvalue weighted by molar-refractivity contribution is -0.118. The summed E-state index contributed by atoms with van der Waals surface area (Å²) in [7, 11) is 0. The molecule has 13 heavy (non-hydrogen) atoms. The Morgan fingerprint density at radius 1 is 1.77 bits per heavy atom. The maximum absolute atomic E-state index is 10.5. The molecule has 1 amide bonds. The zero-order valence-electron chi connectivity index (χ0n) is 7.60. The van der Waals surface area contributed by atoms with Gasteiger partial charge < -0.3 is 15.4 Å². The Kier molecular flexibility index (Phi) is 3.08. The van der Waals surface area contributed by atoms with Crippen LogP contribution in [0.2, 0.25) is 0 Å². The van der Waals surface area contributed by atoms with E-state index in [1.807, 2.05) is 22.9 Å². The number of aliphatic hydroxyl groups is 1. The molecule has 0 aliphatic heterocycles. The highest BCUT2D eigenvalue weighted by Gasteiger charge is 2.06. The number of amides is 1. The molecule has 0 aromatic carbocycles. The molecule has 0 fully saturated rings. The standard InChI is InChI=1S/C9H14N2O2/c1-7(12)8-3-2-5-11(8)6-4-9(10)13/h2-3,5,7,12H,4,6H2,1H3,(H2,10,13). The van der Waals surface area contributed by atoms with Crippen LogP contribution in [0.4, 0.5) is 0 Å². The number of aromatic nitrogens is 1. The fourth-order valence-electron chi connectivity index (χ4n) is 1.24. The summed E-state index contributed by atoms with van der Waals surface area (Å²) in [6.07, 6.45) is 1.61. The molecule has 1 aromatic heterocycles. The molecule has 4 nitrogen and oxygen atoms in total. The lowest BCUT2D eigenvalue weighted by atomic mass is 10.3. The molecule has 0 spiro atoms. The lowest BCUT2D eigenvalue weighted by Gasteiger charge is -2.09. The summed E-state index contributed by atoms with van der Waals surface area (Å²) < 4.78 is 1.83. The van der Waals surface area contributed by atoms with Gasteiger partial charge in [0, 0.05) is 24.9 Å². The van der Waals surface area contributed by atoms with Gasteiger partial charge in [0.1, 0.15) is 0 Å². The van der Waals surface area contributed by atoms with Crippen LogP contribution in [0.5, 0.6) is 0 Å². The fourth-order valence-corrected chi connectivity index (χ4v) is 1.24.